The molecular formula is C13H26O. The highest BCUT2D eigenvalue weighted by molar-refractivity contribution is 5.89. The Hall–Kier alpha value is -0.330. The van der Waals surface area contributed by atoms with Crippen LogP contribution in [0.5, 0.6) is 0 Å². The first-order valence-electron chi connectivity index (χ1n) is 5.41. The largest absolute Gasteiger partial charge is 0.299 e. The van der Waals surface area contributed by atoms with Gasteiger partial charge in [0.1, 0.15) is 5.78 Å². The van der Waals surface area contributed by atoms with Gasteiger partial charge in [-0.1, -0.05) is 54.4 Å². The first-order valence-corrected chi connectivity index (χ1v) is 5.41. The molecule has 0 atom stereocenters. The van der Waals surface area contributed by atoms with Crippen LogP contribution >= 0.6 is 0 Å². The van der Waals surface area contributed by atoms with Crippen molar-refractivity contribution in [2.24, 2.45) is 10.8 Å². The predicted octanol–water partition coefficient (Wildman–Crippen LogP) is 4.21. The quantitative estimate of drug-likeness (QED) is 0.617. The highest BCUT2D eigenvalue weighted by atomic mass is 16.1. The van der Waals surface area contributed by atoms with E-state index in [1.165, 1.54) is 19.3 Å². The first kappa shape index (κ1) is 13.7. The highest BCUT2D eigenvalue weighted by Crippen LogP contribution is 2.41. The van der Waals surface area contributed by atoms with Crippen LogP contribution in [0.3, 0.4) is 0 Å². The lowest BCUT2D eigenvalue weighted by Gasteiger charge is -2.37. The average Bonchev–Trinajstić information content (AvgIpc) is 2.03. The average molecular weight is 198 g/mol. The van der Waals surface area contributed by atoms with Gasteiger partial charge in [0.05, 0.1) is 0 Å². The molecule has 1 aliphatic rings. The third-order valence-electron chi connectivity index (χ3n) is 3.19. The van der Waals surface area contributed by atoms with Crippen LogP contribution in [0.4, 0.5) is 0 Å². The van der Waals surface area contributed by atoms with E-state index in [1.807, 2.05) is 20.8 Å². The molecule has 1 nitrogen and oxygen atoms in total. The zero-order valence-electron chi connectivity index (χ0n) is 9.44. The van der Waals surface area contributed by atoms with Gasteiger partial charge in [0.25, 0.3) is 0 Å². The minimum absolute atomic E-state index is 0. The Balaban J connectivity index is 0.00000169. The second-order valence-electron chi connectivity index (χ2n) is 5.70. The third kappa shape index (κ3) is 2.83. The van der Waals surface area contributed by atoms with Crippen LogP contribution < -0.4 is 0 Å². The smallest absolute Gasteiger partial charge is 0.144 e. The molecule has 0 radical (unpaired) electrons. The normalized spacial score (nSPS) is 21.1. The molecule has 0 bridgehead atoms. The molecule has 0 aromatic heterocycles. The van der Waals surface area contributed by atoms with Gasteiger partial charge in [0, 0.05) is 10.8 Å². The Bertz CT molecular complexity index is 192. The summed E-state index contributed by atoms with van der Waals surface area (Å²) in [5.41, 5.74) is -0.178. The summed E-state index contributed by atoms with van der Waals surface area (Å²) in [5, 5.41) is 0. The molecule has 0 saturated heterocycles. The molecule has 84 valence electrons. The first-order chi connectivity index (χ1) is 5.86. The van der Waals surface area contributed by atoms with Crippen molar-refractivity contribution in [1.29, 1.82) is 0 Å². The molecule has 14 heavy (non-hydrogen) atoms. The van der Waals surface area contributed by atoms with Crippen molar-refractivity contribution < 1.29 is 4.79 Å². The van der Waals surface area contributed by atoms with Crippen molar-refractivity contribution in [3.8, 4) is 0 Å². The molecule has 0 spiro atoms. The van der Waals surface area contributed by atoms with Crippen molar-refractivity contribution in [2.75, 3.05) is 0 Å². The predicted molar refractivity (Wildman–Crippen MR) is 62.4 cm³/mol. The Morgan fingerprint density at radius 2 is 1.50 bits per heavy atom. The van der Waals surface area contributed by atoms with Crippen LogP contribution in [0.2, 0.25) is 0 Å². The summed E-state index contributed by atoms with van der Waals surface area (Å²) in [6.07, 6.45) is 5.98. The fourth-order valence-electron chi connectivity index (χ4n) is 2.46. The van der Waals surface area contributed by atoms with E-state index < -0.39 is 0 Å². The molecule has 1 aliphatic carbocycles. The maximum Gasteiger partial charge on any atom is 0.144 e. The van der Waals surface area contributed by atoms with Crippen molar-refractivity contribution in [2.45, 2.75) is 67.2 Å². The number of ketones is 1. The minimum Gasteiger partial charge on any atom is -0.299 e. The van der Waals surface area contributed by atoms with Crippen molar-refractivity contribution in [3.63, 3.8) is 0 Å². The second-order valence-corrected chi connectivity index (χ2v) is 5.70. The molecule has 0 aliphatic heterocycles. The molecule has 1 heteroatoms. The lowest BCUT2D eigenvalue weighted by Crippen LogP contribution is -2.38. The summed E-state index contributed by atoms with van der Waals surface area (Å²) in [7, 11) is 0. The Morgan fingerprint density at radius 3 is 1.86 bits per heavy atom. The third-order valence-corrected chi connectivity index (χ3v) is 3.19. The summed E-state index contributed by atoms with van der Waals surface area (Å²) in [5.74, 6) is 0.458. The summed E-state index contributed by atoms with van der Waals surface area (Å²) < 4.78 is 0. The van der Waals surface area contributed by atoms with Gasteiger partial charge in [-0.15, -0.1) is 0 Å². The van der Waals surface area contributed by atoms with Gasteiger partial charge < -0.3 is 0 Å². The van der Waals surface area contributed by atoms with Crippen LogP contribution in [0.15, 0.2) is 0 Å². The molecule has 0 amide bonds. The molecule has 0 heterocycles. The van der Waals surface area contributed by atoms with E-state index in [9.17, 15) is 4.79 Å². The fraction of sp³-hybridized carbons (Fsp3) is 0.923. The number of carbonyl (C=O) groups is 1. The summed E-state index contributed by atoms with van der Waals surface area (Å²) in [6, 6.07) is 0. The topological polar surface area (TPSA) is 17.1 Å². The van der Waals surface area contributed by atoms with Gasteiger partial charge >= 0.3 is 0 Å². The van der Waals surface area contributed by atoms with Gasteiger partial charge in [0.15, 0.2) is 0 Å². The zero-order chi connectivity index (χ0) is 10.1. The number of hydrogen-bond acceptors (Lipinski definition) is 1. The Kier molecular flexibility index (Phi) is 4.35. The Morgan fingerprint density at radius 1 is 1.07 bits per heavy atom. The molecular weight excluding hydrogens is 172 g/mol. The number of rotatable bonds is 1. The summed E-state index contributed by atoms with van der Waals surface area (Å²) >= 11 is 0. The molecule has 0 aromatic rings. The maximum atomic E-state index is 12.1. The summed E-state index contributed by atoms with van der Waals surface area (Å²) in [6.45, 7) is 8.26. The van der Waals surface area contributed by atoms with Crippen LogP contribution in [0.1, 0.15) is 67.2 Å². The van der Waals surface area contributed by atoms with E-state index in [2.05, 4.69) is 6.92 Å². The fourth-order valence-corrected chi connectivity index (χ4v) is 2.46. The maximum absolute atomic E-state index is 12.1. The molecule has 1 fully saturated rings. The van der Waals surface area contributed by atoms with Gasteiger partial charge in [-0.05, 0) is 12.8 Å². The van der Waals surface area contributed by atoms with E-state index in [1.54, 1.807) is 0 Å². The van der Waals surface area contributed by atoms with E-state index in [0.717, 1.165) is 12.8 Å². The molecule has 0 N–H and O–H groups in total. The second kappa shape index (κ2) is 4.46. The van der Waals surface area contributed by atoms with Crippen LogP contribution in [-0.2, 0) is 4.79 Å². The van der Waals surface area contributed by atoms with E-state index >= 15 is 0 Å². The standard InChI is InChI=1S/C12H22O.CH4/c1-11(2,3)10(13)12(4)8-6-5-7-9-12;/h5-9H2,1-4H3;1H4. The molecule has 1 rings (SSSR count). The number of Topliss-reactive ketones (excluding diaryl/α,β-unsaturated/α-hetero) is 1. The Labute approximate surface area is 89.3 Å². The zero-order valence-corrected chi connectivity index (χ0v) is 9.44. The molecule has 1 saturated carbocycles. The van der Waals surface area contributed by atoms with Crippen LogP contribution in [-0.4, -0.2) is 5.78 Å². The van der Waals surface area contributed by atoms with Crippen LogP contribution in [0.25, 0.3) is 0 Å². The van der Waals surface area contributed by atoms with Crippen LogP contribution in [0, 0.1) is 10.8 Å². The van der Waals surface area contributed by atoms with Gasteiger partial charge in [-0.25, -0.2) is 0 Å². The van der Waals surface area contributed by atoms with Gasteiger partial charge in [-0.3, -0.25) is 4.79 Å². The van der Waals surface area contributed by atoms with E-state index in [-0.39, 0.29) is 18.3 Å². The van der Waals surface area contributed by atoms with Crippen molar-refractivity contribution >= 4 is 5.78 Å². The van der Waals surface area contributed by atoms with Crippen molar-refractivity contribution in [1.82, 2.24) is 0 Å². The van der Waals surface area contributed by atoms with Gasteiger partial charge in [-0.2, -0.15) is 0 Å². The van der Waals surface area contributed by atoms with Crippen molar-refractivity contribution in [3.05, 3.63) is 0 Å². The molecule has 0 unspecified atom stereocenters. The minimum atomic E-state index is -0.161. The van der Waals surface area contributed by atoms with E-state index in [0.29, 0.717) is 5.78 Å². The molecule has 0 aromatic carbocycles. The SMILES string of the molecule is C.CC(C)(C)C(=O)C1(C)CCCCC1. The highest BCUT2D eigenvalue weighted by Gasteiger charge is 2.40. The lowest BCUT2D eigenvalue weighted by atomic mass is 9.66. The number of carbonyl (C=O) groups excluding carboxylic acids is 1. The monoisotopic (exact) mass is 198 g/mol. The summed E-state index contributed by atoms with van der Waals surface area (Å²) in [4.78, 5) is 12.1. The van der Waals surface area contributed by atoms with E-state index in [4.69, 9.17) is 0 Å². The number of hydrogen-bond donors (Lipinski definition) is 0. The lowest BCUT2D eigenvalue weighted by molar-refractivity contribution is -0.137. The van der Waals surface area contributed by atoms with Gasteiger partial charge in [0.2, 0.25) is 0 Å².